The maximum absolute atomic E-state index is 12.3. The first-order valence-electron chi connectivity index (χ1n) is 7.55. The summed E-state index contributed by atoms with van der Waals surface area (Å²) in [6.07, 6.45) is 5.77. The molecule has 4 heteroatoms. The molecule has 1 amide bonds. The van der Waals surface area contributed by atoms with E-state index in [1.807, 2.05) is 0 Å². The highest BCUT2D eigenvalue weighted by Crippen LogP contribution is 2.41. The van der Waals surface area contributed by atoms with Crippen molar-refractivity contribution in [3.63, 3.8) is 0 Å². The molecule has 2 rings (SSSR count). The molecule has 0 aromatic rings. The molecule has 2 aliphatic carbocycles. The molecule has 0 aromatic carbocycles. The molecule has 0 heterocycles. The summed E-state index contributed by atoms with van der Waals surface area (Å²) in [5, 5.41) is 3.17. The molecule has 2 fully saturated rings. The molecule has 2 bridgehead atoms. The van der Waals surface area contributed by atoms with E-state index < -0.39 is 0 Å². The number of carbonyl (C=O) groups is 1. The van der Waals surface area contributed by atoms with Crippen molar-refractivity contribution >= 4 is 18.3 Å². The minimum Gasteiger partial charge on any atom is -0.353 e. The monoisotopic (exact) mass is 288 g/mol. The molecule has 3 unspecified atom stereocenters. The second-order valence-electron chi connectivity index (χ2n) is 6.74. The molecule has 0 spiro atoms. The van der Waals surface area contributed by atoms with Crippen LogP contribution < -0.4 is 11.1 Å². The van der Waals surface area contributed by atoms with Crippen LogP contribution in [0.4, 0.5) is 0 Å². The predicted molar refractivity (Wildman–Crippen MR) is 81.2 cm³/mol. The van der Waals surface area contributed by atoms with Crippen LogP contribution in [0.1, 0.15) is 52.9 Å². The van der Waals surface area contributed by atoms with Crippen molar-refractivity contribution in [1.82, 2.24) is 5.32 Å². The topological polar surface area (TPSA) is 55.1 Å². The van der Waals surface area contributed by atoms with Gasteiger partial charge >= 0.3 is 0 Å². The fourth-order valence-corrected chi connectivity index (χ4v) is 3.51. The Kier molecular flexibility index (Phi) is 6.13. The zero-order valence-corrected chi connectivity index (χ0v) is 13.2. The molecule has 2 aliphatic rings. The summed E-state index contributed by atoms with van der Waals surface area (Å²) in [6, 6.07) is 0.623. The van der Waals surface area contributed by atoms with E-state index in [0.717, 1.165) is 12.8 Å². The third-order valence-corrected chi connectivity index (χ3v) is 5.15. The number of hydrogen-bond donors (Lipinski definition) is 2. The lowest BCUT2D eigenvalue weighted by Gasteiger charge is -2.43. The van der Waals surface area contributed by atoms with Crippen LogP contribution in [0, 0.1) is 23.7 Å². The summed E-state index contributed by atoms with van der Waals surface area (Å²) >= 11 is 0. The van der Waals surface area contributed by atoms with Crippen molar-refractivity contribution in [3.05, 3.63) is 0 Å². The van der Waals surface area contributed by atoms with E-state index in [1.54, 1.807) is 0 Å². The van der Waals surface area contributed by atoms with Crippen molar-refractivity contribution in [3.8, 4) is 0 Å². The zero-order valence-electron chi connectivity index (χ0n) is 12.4. The summed E-state index contributed by atoms with van der Waals surface area (Å²) in [6.45, 7) is 6.39. The Bertz CT molecular complexity index is 295. The quantitative estimate of drug-likeness (QED) is 0.839. The van der Waals surface area contributed by atoms with Crippen LogP contribution in [-0.4, -0.2) is 18.0 Å². The van der Waals surface area contributed by atoms with E-state index in [0.29, 0.717) is 23.8 Å². The Morgan fingerprint density at radius 3 is 2.16 bits per heavy atom. The first-order chi connectivity index (χ1) is 8.49. The van der Waals surface area contributed by atoms with E-state index >= 15 is 0 Å². The molecular weight excluding hydrogens is 260 g/mol. The van der Waals surface area contributed by atoms with E-state index in [9.17, 15) is 4.79 Å². The number of carbonyl (C=O) groups excluding carboxylic acids is 1. The molecule has 19 heavy (non-hydrogen) atoms. The second-order valence-corrected chi connectivity index (χ2v) is 6.74. The third-order valence-electron chi connectivity index (χ3n) is 5.15. The average molecular weight is 289 g/mol. The second kappa shape index (κ2) is 6.94. The predicted octanol–water partition coefficient (Wildman–Crippen LogP) is 2.72. The lowest BCUT2D eigenvalue weighted by Crippen LogP contribution is -2.50. The minimum atomic E-state index is 0. The van der Waals surface area contributed by atoms with Crippen LogP contribution in [-0.2, 0) is 4.79 Å². The van der Waals surface area contributed by atoms with Gasteiger partial charge < -0.3 is 11.1 Å². The number of amides is 1. The number of nitrogens with two attached hydrogens (primary N) is 1. The van der Waals surface area contributed by atoms with E-state index in [2.05, 4.69) is 26.1 Å². The Hall–Kier alpha value is -0.280. The Labute approximate surface area is 123 Å². The van der Waals surface area contributed by atoms with Crippen molar-refractivity contribution < 1.29 is 4.79 Å². The van der Waals surface area contributed by atoms with Gasteiger partial charge in [0, 0.05) is 18.0 Å². The number of rotatable bonds is 3. The molecule has 0 aliphatic heterocycles. The molecule has 0 radical (unpaired) electrons. The SMILES string of the molecule is CC(C)C(C)NC(=O)C1CC2CCCC(C1)C2N.Cl. The van der Waals surface area contributed by atoms with Gasteiger partial charge in [-0.3, -0.25) is 4.79 Å². The fraction of sp³-hybridized carbons (Fsp3) is 0.933. The van der Waals surface area contributed by atoms with Crippen LogP contribution in [0.15, 0.2) is 0 Å². The van der Waals surface area contributed by atoms with Crippen molar-refractivity contribution in [2.24, 2.45) is 29.4 Å². The lowest BCUT2D eigenvalue weighted by molar-refractivity contribution is -0.128. The van der Waals surface area contributed by atoms with E-state index in [-0.39, 0.29) is 30.3 Å². The normalized spacial score (nSPS) is 35.4. The Balaban J connectivity index is 0.00000180. The smallest absolute Gasteiger partial charge is 0.223 e. The molecule has 3 N–H and O–H groups in total. The van der Waals surface area contributed by atoms with Gasteiger partial charge in [-0.2, -0.15) is 0 Å². The third kappa shape index (κ3) is 3.85. The van der Waals surface area contributed by atoms with Gasteiger partial charge in [-0.25, -0.2) is 0 Å². The zero-order chi connectivity index (χ0) is 13.3. The number of nitrogens with one attached hydrogen (secondary N) is 1. The van der Waals surface area contributed by atoms with Gasteiger partial charge in [-0.1, -0.05) is 20.3 Å². The largest absolute Gasteiger partial charge is 0.353 e. The minimum absolute atomic E-state index is 0. The number of fused-ring (bicyclic) bond motifs is 2. The van der Waals surface area contributed by atoms with Crippen molar-refractivity contribution in [2.45, 2.75) is 65.0 Å². The van der Waals surface area contributed by atoms with E-state index in [1.165, 1.54) is 19.3 Å². The molecular formula is C15H29ClN2O. The Morgan fingerprint density at radius 1 is 1.16 bits per heavy atom. The van der Waals surface area contributed by atoms with Gasteiger partial charge in [0.1, 0.15) is 0 Å². The van der Waals surface area contributed by atoms with Crippen LogP contribution in [0.5, 0.6) is 0 Å². The van der Waals surface area contributed by atoms with Crippen LogP contribution >= 0.6 is 12.4 Å². The molecule has 0 aromatic heterocycles. The van der Waals surface area contributed by atoms with Crippen LogP contribution in [0.2, 0.25) is 0 Å². The standard InChI is InChI=1S/C15H28N2O.ClH/c1-9(2)10(3)17-15(18)13-7-11-5-4-6-12(8-13)14(11)16;/h9-14H,4-8,16H2,1-3H3,(H,17,18);1H. The maximum Gasteiger partial charge on any atom is 0.223 e. The maximum atomic E-state index is 12.3. The highest BCUT2D eigenvalue weighted by atomic mass is 35.5. The van der Waals surface area contributed by atoms with Gasteiger partial charge in [0.25, 0.3) is 0 Å². The van der Waals surface area contributed by atoms with E-state index in [4.69, 9.17) is 5.73 Å². The summed E-state index contributed by atoms with van der Waals surface area (Å²) in [5.41, 5.74) is 6.26. The summed E-state index contributed by atoms with van der Waals surface area (Å²) in [7, 11) is 0. The van der Waals surface area contributed by atoms with Gasteiger partial charge in [-0.05, 0) is 50.4 Å². The lowest BCUT2D eigenvalue weighted by atomic mass is 9.65. The highest BCUT2D eigenvalue weighted by molar-refractivity contribution is 5.85. The van der Waals surface area contributed by atoms with Gasteiger partial charge in [0.05, 0.1) is 0 Å². The van der Waals surface area contributed by atoms with Gasteiger partial charge in [0.2, 0.25) is 5.91 Å². The average Bonchev–Trinajstić information content (AvgIpc) is 2.27. The molecule has 3 nitrogen and oxygen atoms in total. The summed E-state index contributed by atoms with van der Waals surface area (Å²) in [5.74, 6) is 2.14. The van der Waals surface area contributed by atoms with Gasteiger partial charge in [-0.15, -0.1) is 12.4 Å². The van der Waals surface area contributed by atoms with Crippen molar-refractivity contribution in [1.29, 1.82) is 0 Å². The molecule has 2 saturated carbocycles. The first kappa shape index (κ1) is 16.8. The molecule has 112 valence electrons. The summed E-state index contributed by atoms with van der Waals surface area (Å²) < 4.78 is 0. The fourth-order valence-electron chi connectivity index (χ4n) is 3.51. The first-order valence-corrected chi connectivity index (χ1v) is 7.55. The van der Waals surface area contributed by atoms with Crippen molar-refractivity contribution in [2.75, 3.05) is 0 Å². The van der Waals surface area contributed by atoms with Gasteiger partial charge in [0.15, 0.2) is 0 Å². The summed E-state index contributed by atoms with van der Waals surface area (Å²) in [4.78, 5) is 12.3. The highest BCUT2D eigenvalue weighted by Gasteiger charge is 2.40. The molecule has 0 saturated heterocycles. The number of hydrogen-bond acceptors (Lipinski definition) is 2. The van der Waals surface area contributed by atoms with Crippen LogP contribution in [0.3, 0.4) is 0 Å². The molecule has 3 atom stereocenters. The number of halogens is 1. The van der Waals surface area contributed by atoms with Crippen LogP contribution in [0.25, 0.3) is 0 Å². The Morgan fingerprint density at radius 2 is 1.68 bits per heavy atom.